The molecule has 0 amide bonds. The summed E-state index contributed by atoms with van der Waals surface area (Å²) < 4.78 is 7.01. The standard InChI is InChI=1S/C15H15ClN4O/c1-21-7-6-10-4-2-3-5-13(10)20-14-12(19-15(20)17)8-11(16)9-18-14/h2-5,8-9H,6-7H2,1H3,(H2,17,19). The van der Waals surface area contributed by atoms with Crippen molar-refractivity contribution in [2.45, 2.75) is 6.42 Å². The zero-order chi connectivity index (χ0) is 14.8. The predicted octanol–water partition coefficient (Wildman–Crippen LogP) is 2.85. The van der Waals surface area contributed by atoms with Gasteiger partial charge in [-0.25, -0.2) is 9.97 Å². The number of hydrogen-bond donors (Lipinski definition) is 1. The number of nitrogens with zero attached hydrogens (tertiary/aromatic N) is 3. The minimum absolute atomic E-state index is 0.393. The summed E-state index contributed by atoms with van der Waals surface area (Å²) in [6, 6.07) is 9.77. The van der Waals surface area contributed by atoms with Gasteiger partial charge in [0.15, 0.2) is 5.65 Å². The number of fused-ring (bicyclic) bond motifs is 1. The number of hydrogen-bond acceptors (Lipinski definition) is 4. The molecule has 0 spiro atoms. The number of methoxy groups -OCH3 is 1. The Kier molecular flexibility index (Phi) is 3.77. The number of rotatable bonds is 4. The summed E-state index contributed by atoms with van der Waals surface area (Å²) in [4.78, 5) is 8.69. The van der Waals surface area contributed by atoms with E-state index in [1.807, 2.05) is 22.8 Å². The van der Waals surface area contributed by atoms with Gasteiger partial charge in [-0.15, -0.1) is 0 Å². The molecule has 0 unspecified atom stereocenters. The van der Waals surface area contributed by atoms with Crippen LogP contribution in [-0.4, -0.2) is 28.3 Å². The van der Waals surface area contributed by atoms with E-state index in [2.05, 4.69) is 16.0 Å². The van der Waals surface area contributed by atoms with Crippen molar-refractivity contribution in [3.8, 4) is 5.69 Å². The molecule has 5 nitrogen and oxygen atoms in total. The fourth-order valence-corrected chi connectivity index (χ4v) is 2.50. The molecule has 0 radical (unpaired) electrons. The number of halogens is 1. The summed E-state index contributed by atoms with van der Waals surface area (Å²) in [5.74, 6) is 0.393. The number of benzene rings is 1. The first-order valence-electron chi connectivity index (χ1n) is 6.57. The van der Waals surface area contributed by atoms with Crippen molar-refractivity contribution >= 4 is 28.7 Å². The summed E-state index contributed by atoms with van der Waals surface area (Å²) in [7, 11) is 1.69. The molecule has 0 saturated carbocycles. The molecule has 0 atom stereocenters. The molecule has 1 aromatic carbocycles. The van der Waals surface area contributed by atoms with Crippen LogP contribution in [0.2, 0.25) is 5.02 Å². The van der Waals surface area contributed by atoms with Crippen LogP contribution in [0.1, 0.15) is 5.56 Å². The maximum absolute atomic E-state index is 6.07. The van der Waals surface area contributed by atoms with Crippen molar-refractivity contribution in [1.82, 2.24) is 14.5 Å². The number of aromatic nitrogens is 3. The molecule has 0 aliphatic carbocycles. The van der Waals surface area contributed by atoms with E-state index in [0.717, 1.165) is 17.7 Å². The zero-order valence-corrected chi connectivity index (χ0v) is 12.3. The van der Waals surface area contributed by atoms with Crippen molar-refractivity contribution in [1.29, 1.82) is 0 Å². The molecule has 108 valence electrons. The maximum atomic E-state index is 6.07. The second kappa shape index (κ2) is 5.71. The second-order valence-corrected chi connectivity index (χ2v) is 5.11. The molecular formula is C15H15ClN4O. The molecular weight excluding hydrogens is 288 g/mol. The summed E-state index contributed by atoms with van der Waals surface area (Å²) in [5.41, 5.74) is 9.54. The van der Waals surface area contributed by atoms with Crippen molar-refractivity contribution in [3.05, 3.63) is 47.1 Å². The highest BCUT2D eigenvalue weighted by Gasteiger charge is 2.14. The van der Waals surface area contributed by atoms with Gasteiger partial charge < -0.3 is 10.5 Å². The van der Waals surface area contributed by atoms with Crippen LogP contribution in [0.5, 0.6) is 0 Å². The average Bonchev–Trinajstić information content (AvgIpc) is 2.80. The van der Waals surface area contributed by atoms with Crippen LogP contribution in [0.25, 0.3) is 16.9 Å². The maximum Gasteiger partial charge on any atom is 0.207 e. The topological polar surface area (TPSA) is 66.0 Å². The van der Waals surface area contributed by atoms with Gasteiger partial charge in [0.25, 0.3) is 0 Å². The number of nitrogens with two attached hydrogens (primary N) is 1. The normalized spacial score (nSPS) is 11.1. The molecule has 0 fully saturated rings. The number of nitrogen functional groups attached to an aromatic ring is 1. The van der Waals surface area contributed by atoms with Crippen LogP contribution in [0.4, 0.5) is 5.95 Å². The van der Waals surface area contributed by atoms with Gasteiger partial charge in [0.05, 0.1) is 17.3 Å². The molecule has 2 aromatic heterocycles. The van der Waals surface area contributed by atoms with Gasteiger partial charge in [-0.05, 0) is 24.1 Å². The van der Waals surface area contributed by atoms with Crippen molar-refractivity contribution < 1.29 is 4.74 Å². The average molecular weight is 303 g/mol. The van der Waals surface area contributed by atoms with E-state index in [4.69, 9.17) is 22.1 Å². The smallest absolute Gasteiger partial charge is 0.207 e. The van der Waals surface area contributed by atoms with Crippen molar-refractivity contribution in [2.75, 3.05) is 19.5 Å². The second-order valence-electron chi connectivity index (χ2n) is 4.67. The van der Waals surface area contributed by atoms with E-state index in [1.165, 1.54) is 0 Å². The number of ether oxygens (including phenoxy) is 1. The number of imidazole rings is 1. The summed E-state index contributed by atoms with van der Waals surface area (Å²) >= 11 is 5.96. The predicted molar refractivity (Wildman–Crippen MR) is 83.9 cm³/mol. The summed E-state index contributed by atoms with van der Waals surface area (Å²) in [6.07, 6.45) is 2.39. The Bertz CT molecular complexity index is 784. The lowest BCUT2D eigenvalue weighted by molar-refractivity contribution is 0.202. The van der Waals surface area contributed by atoms with Crippen LogP contribution in [-0.2, 0) is 11.2 Å². The fraction of sp³-hybridized carbons (Fsp3) is 0.200. The Morgan fingerprint density at radius 1 is 1.33 bits per heavy atom. The molecule has 6 heteroatoms. The minimum atomic E-state index is 0.393. The Balaban J connectivity index is 2.18. The van der Waals surface area contributed by atoms with Crippen LogP contribution in [0.3, 0.4) is 0 Å². The van der Waals surface area contributed by atoms with E-state index >= 15 is 0 Å². The number of pyridine rings is 1. The third kappa shape index (κ3) is 2.57. The highest BCUT2D eigenvalue weighted by Crippen LogP contribution is 2.25. The van der Waals surface area contributed by atoms with E-state index < -0.39 is 0 Å². The van der Waals surface area contributed by atoms with Gasteiger partial charge in [-0.1, -0.05) is 29.8 Å². The van der Waals surface area contributed by atoms with Gasteiger partial charge >= 0.3 is 0 Å². The highest BCUT2D eigenvalue weighted by atomic mass is 35.5. The molecule has 3 rings (SSSR count). The lowest BCUT2D eigenvalue weighted by Crippen LogP contribution is -2.06. The Labute approximate surface area is 127 Å². The van der Waals surface area contributed by atoms with Crippen molar-refractivity contribution in [2.24, 2.45) is 0 Å². The number of anilines is 1. The molecule has 2 N–H and O–H groups in total. The first-order chi connectivity index (χ1) is 10.2. The Hall–Kier alpha value is -2.11. The Morgan fingerprint density at radius 2 is 2.14 bits per heavy atom. The van der Waals surface area contributed by atoms with E-state index in [1.54, 1.807) is 19.4 Å². The van der Waals surface area contributed by atoms with Gasteiger partial charge in [0.2, 0.25) is 5.95 Å². The van der Waals surface area contributed by atoms with Crippen LogP contribution in [0.15, 0.2) is 36.5 Å². The monoisotopic (exact) mass is 302 g/mol. The summed E-state index contributed by atoms with van der Waals surface area (Å²) in [5, 5.41) is 0.541. The molecule has 2 heterocycles. The summed E-state index contributed by atoms with van der Waals surface area (Å²) in [6.45, 7) is 0.642. The largest absolute Gasteiger partial charge is 0.384 e. The van der Waals surface area contributed by atoms with Gasteiger partial charge in [0, 0.05) is 13.3 Å². The molecule has 0 aliphatic rings. The third-order valence-corrected chi connectivity index (χ3v) is 3.50. The van der Waals surface area contributed by atoms with Crippen LogP contribution in [0, 0.1) is 0 Å². The van der Waals surface area contributed by atoms with Crippen molar-refractivity contribution in [3.63, 3.8) is 0 Å². The highest BCUT2D eigenvalue weighted by molar-refractivity contribution is 6.31. The number of para-hydroxylation sites is 1. The molecule has 21 heavy (non-hydrogen) atoms. The lowest BCUT2D eigenvalue weighted by Gasteiger charge is -2.11. The van der Waals surface area contributed by atoms with E-state index in [0.29, 0.717) is 28.7 Å². The van der Waals surface area contributed by atoms with Gasteiger partial charge in [0.1, 0.15) is 5.52 Å². The first kappa shape index (κ1) is 13.9. The Morgan fingerprint density at radius 3 is 2.95 bits per heavy atom. The van der Waals surface area contributed by atoms with Gasteiger partial charge in [-0.2, -0.15) is 0 Å². The van der Waals surface area contributed by atoms with Gasteiger partial charge in [-0.3, -0.25) is 4.57 Å². The van der Waals surface area contributed by atoms with Crippen LogP contribution >= 0.6 is 11.6 Å². The molecule has 3 aromatic rings. The molecule has 0 bridgehead atoms. The minimum Gasteiger partial charge on any atom is -0.384 e. The quantitative estimate of drug-likeness (QED) is 0.805. The lowest BCUT2D eigenvalue weighted by atomic mass is 10.1. The first-order valence-corrected chi connectivity index (χ1v) is 6.95. The fourth-order valence-electron chi connectivity index (χ4n) is 2.35. The molecule has 0 saturated heterocycles. The van der Waals surface area contributed by atoms with E-state index in [-0.39, 0.29) is 0 Å². The molecule has 0 aliphatic heterocycles. The zero-order valence-electron chi connectivity index (χ0n) is 11.6. The van der Waals surface area contributed by atoms with Crippen LogP contribution < -0.4 is 5.73 Å². The SMILES string of the molecule is COCCc1ccccc1-n1c(N)nc2cc(Cl)cnc21. The van der Waals surface area contributed by atoms with E-state index in [9.17, 15) is 0 Å². The third-order valence-electron chi connectivity index (χ3n) is 3.30.